The summed E-state index contributed by atoms with van der Waals surface area (Å²) in [6, 6.07) is 1.94. The first kappa shape index (κ1) is 12.3. The predicted octanol–water partition coefficient (Wildman–Crippen LogP) is 4.29. The molecular formula is C13H18ClN. The van der Waals surface area contributed by atoms with Gasteiger partial charge in [-0.25, -0.2) is 0 Å². The third kappa shape index (κ3) is 2.07. The van der Waals surface area contributed by atoms with Crippen LogP contribution in [0, 0.1) is 6.92 Å². The minimum atomic E-state index is -0.0803. The van der Waals surface area contributed by atoms with Gasteiger partial charge >= 0.3 is 0 Å². The summed E-state index contributed by atoms with van der Waals surface area (Å²) in [6.07, 6.45) is 5.74. The number of hydrogen-bond donors (Lipinski definition) is 0. The Morgan fingerprint density at radius 2 is 2.07 bits per heavy atom. The van der Waals surface area contributed by atoms with Crippen LogP contribution in [0.2, 0.25) is 5.02 Å². The Morgan fingerprint density at radius 3 is 2.53 bits per heavy atom. The van der Waals surface area contributed by atoms with Crippen LogP contribution in [-0.2, 0) is 5.41 Å². The largest absolute Gasteiger partial charge is 0.259 e. The molecule has 0 aromatic carbocycles. The van der Waals surface area contributed by atoms with Gasteiger partial charge in [-0.1, -0.05) is 31.5 Å². The summed E-state index contributed by atoms with van der Waals surface area (Å²) in [5.74, 6) is 0. The molecule has 0 aliphatic heterocycles. The maximum absolute atomic E-state index is 6.30. The Kier molecular flexibility index (Phi) is 3.92. The Labute approximate surface area is 97.2 Å². The van der Waals surface area contributed by atoms with E-state index in [4.69, 9.17) is 11.6 Å². The highest BCUT2D eigenvalue weighted by Gasteiger charge is 2.28. The van der Waals surface area contributed by atoms with Gasteiger partial charge in [0, 0.05) is 11.6 Å². The first-order valence-corrected chi connectivity index (χ1v) is 5.74. The monoisotopic (exact) mass is 223 g/mol. The van der Waals surface area contributed by atoms with Crippen molar-refractivity contribution in [1.82, 2.24) is 4.98 Å². The molecule has 1 aromatic heterocycles. The lowest BCUT2D eigenvalue weighted by molar-refractivity contribution is 0.484. The van der Waals surface area contributed by atoms with Gasteiger partial charge in [-0.3, -0.25) is 4.98 Å². The summed E-state index contributed by atoms with van der Waals surface area (Å²) in [7, 11) is 0. The topological polar surface area (TPSA) is 12.9 Å². The summed E-state index contributed by atoms with van der Waals surface area (Å²) in [5, 5.41) is 0.779. The predicted molar refractivity (Wildman–Crippen MR) is 66.4 cm³/mol. The fourth-order valence-electron chi connectivity index (χ4n) is 1.86. The highest BCUT2D eigenvalue weighted by molar-refractivity contribution is 6.32. The van der Waals surface area contributed by atoms with Gasteiger partial charge in [0.25, 0.3) is 0 Å². The maximum Gasteiger partial charge on any atom is 0.0691 e. The van der Waals surface area contributed by atoms with Crippen LogP contribution in [0.1, 0.15) is 37.9 Å². The molecule has 0 spiro atoms. The van der Waals surface area contributed by atoms with E-state index in [1.807, 2.05) is 25.3 Å². The minimum Gasteiger partial charge on any atom is -0.259 e. The van der Waals surface area contributed by atoms with Crippen LogP contribution < -0.4 is 0 Å². The van der Waals surface area contributed by atoms with E-state index >= 15 is 0 Å². The number of aryl methyl sites for hydroxylation is 1. The van der Waals surface area contributed by atoms with Crippen molar-refractivity contribution >= 4 is 11.6 Å². The van der Waals surface area contributed by atoms with Crippen LogP contribution >= 0.6 is 11.6 Å². The molecular weight excluding hydrogens is 206 g/mol. The molecule has 0 amide bonds. The molecule has 1 aromatic rings. The smallest absolute Gasteiger partial charge is 0.0691 e. The van der Waals surface area contributed by atoms with Gasteiger partial charge in [0.15, 0.2) is 0 Å². The summed E-state index contributed by atoms with van der Waals surface area (Å²) in [4.78, 5) is 4.42. The summed E-state index contributed by atoms with van der Waals surface area (Å²) < 4.78 is 0. The van der Waals surface area contributed by atoms with Gasteiger partial charge in [-0.05, 0) is 31.4 Å². The Hall–Kier alpha value is -0.820. The highest BCUT2D eigenvalue weighted by atomic mass is 35.5. The maximum atomic E-state index is 6.30. The lowest BCUT2D eigenvalue weighted by atomic mass is 9.78. The molecule has 2 heteroatoms. The normalized spacial score (nSPS) is 11.5. The minimum absolute atomic E-state index is 0.0803. The average molecular weight is 224 g/mol. The fourth-order valence-corrected chi connectivity index (χ4v) is 2.16. The lowest BCUT2D eigenvalue weighted by Gasteiger charge is -2.28. The van der Waals surface area contributed by atoms with Crippen molar-refractivity contribution in [1.29, 1.82) is 0 Å². The molecule has 1 nitrogen and oxygen atoms in total. The number of halogens is 1. The van der Waals surface area contributed by atoms with Crippen molar-refractivity contribution in [3.05, 3.63) is 41.2 Å². The molecule has 0 aliphatic carbocycles. The Bertz CT molecular complexity index is 354. The van der Waals surface area contributed by atoms with Crippen molar-refractivity contribution in [2.75, 3.05) is 0 Å². The van der Waals surface area contributed by atoms with E-state index in [9.17, 15) is 0 Å². The van der Waals surface area contributed by atoms with Crippen molar-refractivity contribution < 1.29 is 0 Å². The van der Waals surface area contributed by atoms with Crippen LogP contribution in [0.3, 0.4) is 0 Å². The second-order valence-electron chi connectivity index (χ2n) is 3.86. The molecule has 0 fully saturated rings. The zero-order chi connectivity index (χ0) is 11.5. The third-order valence-electron chi connectivity index (χ3n) is 3.21. The van der Waals surface area contributed by atoms with Crippen LogP contribution in [0.25, 0.3) is 0 Å². The van der Waals surface area contributed by atoms with E-state index in [0.717, 1.165) is 29.1 Å². The van der Waals surface area contributed by atoms with Crippen LogP contribution in [0.4, 0.5) is 0 Å². The molecule has 1 heterocycles. The molecule has 0 bridgehead atoms. The summed E-state index contributed by atoms with van der Waals surface area (Å²) in [5.41, 5.74) is 1.96. The van der Waals surface area contributed by atoms with Gasteiger partial charge in [-0.15, -0.1) is 6.58 Å². The van der Waals surface area contributed by atoms with E-state index in [-0.39, 0.29) is 5.41 Å². The number of aromatic nitrogens is 1. The second kappa shape index (κ2) is 4.80. The van der Waals surface area contributed by atoms with Crippen molar-refractivity contribution in [2.24, 2.45) is 0 Å². The molecule has 15 heavy (non-hydrogen) atoms. The standard InChI is InChI=1S/C13H18ClN/c1-5-13(6-2,7-3)12-11(14)10(4)8-9-15-12/h5,8-9H,1,6-7H2,2-4H3. The number of hydrogen-bond acceptors (Lipinski definition) is 1. The van der Waals surface area contributed by atoms with Gasteiger partial charge in [0.1, 0.15) is 0 Å². The van der Waals surface area contributed by atoms with Crippen LogP contribution in [-0.4, -0.2) is 4.98 Å². The van der Waals surface area contributed by atoms with Gasteiger partial charge < -0.3 is 0 Å². The number of nitrogens with zero attached hydrogens (tertiary/aromatic N) is 1. The van der Waals surface area contributed by atoms with Crippen molar-refractivity contribution in [3.63, 3.8) is 0 Å². The number of allylic oxidation sites excluding steroid dienone is 1. The molecule has 0 saturated heterocycles. The quantitative estimate of drug-likeness (QED) is 0.694. The molecule has 0 atom stereocenters. The first-order chi connectivity index (χ1) is 7.11. The Balaban J connectivity index is 3.35. The fraction of sp³-hybridized carbons (Fsp3) is 0.462. The zero-order valence-electron chi connectivity index (χ0n) is 9.68. The molecule has 0 aliphatic rings. The lowest BCUT2D eigenvalue weighted by Crippen LogP contribution is -2.23. The highest BCUT2D eigenvalue weighted by Crippen LogP contribution is 2.36. The van der Waals surface area contributed by atoms with E-state index < -0.39 is 0 Å². The average Bonchev–Trinajstić information content (AvgIpc) is 2.27. The molecule has 0 radical (unpaired) electrons. The summed E-state index contributed by atoms with van der Waals surface area (Å²) in [6.45, 7) is 10.2. The van der Waals surface area contributed by atoms with Crippen LogP contribution in [0.5, 0.6) is 0 Å². The summed E-state index contributed by atoms with van der Waals surface area (Å²) >= 11 is 6.30. The van der Waals surface area contributed by atoms with Crippen LogP contribution in [0.15, 0.2) is 24.9 Å². The zero-order valence-corrected chi connectivity index (χ0v) is 10.4. The van der Waals surface area contributed by atoms with Gasteiger partial charge in [0.2, 0.25) is 0 Å². The molecule has 82 valence electrons. The van der Waals surface area contributed by atoms with E-state index in [1.54, 1.807) is 0 Å². The van der Waals surface area contributed by atoms with Gasteiger partial charge in [0.05, 0.1) is 10.7 Å². The molecule has 0 N–H and O–H groups in total. The third-order valence-corrected chi connectivity index (χ3v) is 3.68. The first-order valence-electron chi connectivity index (χ1n) is 5.36. The van der Waals surface area contributed by atoms with Crippen molar-refractivity contribution in [3.8, 4) is 0 Å². The molecule has 1 rings (SSSR count). The molecule has 0 saturated carbocycles. The Morgan fingerprint density at radius 1 is 1.47 bits per heavy atom. The number of pyridine rings is 1. The van der Waals surface area contributed by atoms with Gasteiger partial charge in [-0.2, -0.15) is 0 Å². The van der Waals surface area contributed by atoms with E-state index in [2.05, 4.69) is 25.4 Å². The van der Waals surface area contributed by atoms with E-state index in [0.29, 0.717) is 0 Å². The van der Waals surface area contributed by atoms with E-state index in [1.165, 1.54) is 0 Å². The molecule has 0 unspecified atom stereocenters. The SMILES string of the molecule is C=CC(CC)(CC)c1nccc(C)c1Cl. The number of rotatable bonds is 4. The van der Waals surface area contributed by atoms with Crippen molar-refractivity contribution in [2.45, 2.75) is 39.0 Å². The second-order valence-corrected chi connectivity index (χ2v) is 4.24.